The smallest absolute Gasteiger partial charge is 0.304 e. The monoisotopic (exact) mass is 304 g/mol. The van der Waals surface area contributed by atoms with Gasteiger partial charge in [-0.25, -0.2) is 4.18 Å². The number of alkyl halides is 3. The Balaban J connectivity index is 3.13. The van der Waals surface area contributed by atoms with Crippen molar-refractivity contribution in [3.63, 3.8) is 0 Å². The molecule has 0 amide bonds. The van der Waals surface area contributed by atoms with Crippen LogP contribution in [0.3, 0.4) is 0 Å². The molecule has 0 radical (unpaired) electrons. The Kier molecular flexibility index (Phi) is 4.92. The van der Waals surface area contributed by atoms with Gasteiger partial charge in [0.15, 0.2) is 15.5 Å². The minimum atomic E-state index is -4.82. The van der Waals surface area contributed by atoms with Gasteiger partial charge in [-0.2, -0.15) is 21.6 Å². The van der Waals surface area contributed by atoms with Crippen LogP contribution in [0.5, 0.6) is 0 Å². The molecule has 0 saturated carbocycles. The molecule has 5 nitrogen and oxygen atoms in total. The summed E-state index contributed by atoms with van der Waals surface area (Å²) < 4.78 is 79.0. The molecule has 0 saturated heterocycles. The summed E-state index contributed by atoms with van der Waals surface area (Å²) in [5.74, 6) is 0. The fraction of sp³-hybridized carbons (Fsp3) is 0.250. The molecule has 0 spiro atoms. The Bertz CT molecular complexity index is 528. The van der Waals surface area contributed by atoms with Gasteiger partial charge in [0.1, 0.15) is 4.90 Å². The first-order chi connectivity index (χ1) is 8.29. The van der Waals surface area contributed by atoms with E-state index >= 15 is 0 Å². The van der Waals surface area contributed by atoms with E-state index in [9.17, 15) is 26.2 Å². The van der Waals surface area contributed by atoms with Crippen LogP contribution in [0.25, 0.3) is 0 Å². The van der Waals surface area contributed by atoms with Gasteiger partial charge in [-0.1, -0.05) is 12.1 Å². The second-order valence-electron chi connectivity index (χ2n) is 2.95. The molecule has 0 N–H and O–H groups in total. The molecule has 0 fully saturated rings. The Hall–Kier alpha value is -0.890. The number of halogens is 3. The van der Waals surface area contributed by atoms with Crippen LogP contribution in [0.2, 0.25) is 0 Å². The summed E-state index contributed by atoms with van der Waals surface area (Å²) in [7, 11) is -6.32. The minimum Gasteiger partial charge on any atom is -0.304 e. The highest BCUT2D eigenvalue weighted by Gasteiger charge is 2.37. The first-order valence-electron chi connectivity index (χ1n) is 4.40. The van der Waals surface area contributed by atoms with Crippen molar-refractivity contribution >= 4 is 18.8 Å². The summed E-state index contributed by atoms with van der Waals surface area (Å²) in [5, 5.41) is 0. The van der Waals surface area contributed by atoms with Crippen LogP contribution in [-0.2, 0) is 29.6 Å². The Morgan fingerprint density at radius 3 is 2.39 bits per heavy atom. The summed E-state index contributed by atoms with van der Waals surface area (Å²) >= 11 is 0. The zero-order chi connectivity index (χ0) is 13.8. The lowest BCUT2D eigenvalue weighted by Gasteiger charge is -2.12. The predicted octanol–water partition coefficient (Wildman–Crippen LogP) is 2.06. The van der Waals surface area contributed by atoms with Gasteiger partial charge in [0.05, 0.1) is 5.56 Å². The maximum absolute atomic E-state index is 12.6. The molecule has 10 heteroatoms. The van der Waals surface area contributed by atoms with E-state index in [1.165, 1.54) is 0 Å². The van der Waals surface area contributed by atoms with Gasteiger partial charge in [0.25, 0.3) is 10.1 Å². The molecule has 0 heterocycles. The summed E-state index contributed by atoms with van der Waals surface area (Å²) in [6.45, 7) is -0.895. The fourth-order valence-corrected chi connectivity index (χ4v) is 2.33. The van der Waals surface area contributed by atoms with Gasteiger partial charge in [0.2, 0.25) is 0 Å². The lowest BCUT2D eigenvalue weighted by molar-refractivity contribution is -0.140. The van der Waals surface area contributed by atoms with Crippen molar-refractivity contribution in [2.24, 2.45) is 0 Å². The molecular formula is C8H8F3O5PS. The molecule has 1 aromatic carbocycles. The van der Waals surface area contributed by atoms with Gasteiger partial charge < -0.3 is 4.52 Å². The molecule has 1 rings (SSSR count). The zero-order valence-electron chi connectivity index (χ0n) is 8.68. The minimum absolute atomic E-state index is 0.621. The number of rotatable bonds is 5. The molecule has 0 bridgehead atoms. The number of hydrogen-bond acceptors (Lipinski definition) is 5. The third-order valence-corrected chi connectivity index (χ3v) is 3.37. The van der Waals surface area contributed by atoms with Crippen LogP contribution in [0, 0.1) is 0 Å². The molecule has 1 atom stereocenters. The summed E-state index contributed by atoms with van der Waals surface area (Å²) in [4.78, 5) is -1.01. The van der Waals surface area contributed by atoms with E-state index in [0.29, 0.717) is 6.07 Å². The first kappa shape index (κ1) is 15.2. The number of benzene rings is 1. The molecule has 1 unspecified atom stereocenters. The lowest BCUT2D eigenvalue weighted by Crippen LogP contribution is -2.15. The number of hydrogen-bond donors (Lipinski definition) is 0. The van der Waals surface area contributed by atoms with Crippen LogP contribution in [-0.4, -0.2) is 15.2 Å². The molecule has 102 valence electrons. The van der Waals surface area contributed by atoms with E-state index < -0.39 is 42.2 Å². The maximum atomic E-state index is 12.6. The maximum Gasteiger partial charge on any atom is 0.417 e. The van der Waals surface area contributed by atoms with Gasteiger partial charge in [-0.05, 0) is 12.1 Å². The van der Waals surface area contributed by atoms with Crippen molar-refractivity contribution in [3.05, 3.63) is 29.8 Å². The standard InChI is InChI=1S/C8H8F3O5PS/c9-8(10,11)6-3-1-2-4-7(6)18(13,14)16-5-15-17-12/h1-4H,5,17H2. The lowest BCUT2D eigenvalue weighted by atomic mass is 10.2. The van der Waals surface area contributed by atoms with Crippen molar-refractivity contribution in [3.8, 4) is 0 Å². The highest BCUT2D eigenvalue weighted by Crippen LogP contribution is 2.34. The van der Waals surface area contributed by atoms with E-state index in [2.05, 4.69) is 8.71 Å². The second kappa shape index (κ2) is 5.83. The average molecular weight is 304 g/mol. The molecule has 0 aliphatic carbocycles. The third-order valence-electron chi connectivity index (χ3n) is 1.80. The van der Waals surface area contributed by atoms with Crippen molar-refractivity contribution in [2.75, 3.05) is 6.79 Å². The average Bonchev–Trinajstić information content (AvgIpc) is 2.28. The zero-order valence-corrected chi connectivity index (χ0v) is 10.6. The van der Waals surface area contributed by atoms with Gasteiger partial charge >= 0.3 is 6.18 Å². The van der Waals surface area contributed by atoms with E-state index in [1.54, 1.807) is 0 Å². The Morgan fingerprint density at radius 2 is 1.83 bits per heavy atom. The predicted molar refractivity (Wildman–Crippen MR) is 56.1 cm³/mol. The largest absolute Gasteiger partial charge is 0.417 e. The topological polar surface area (TPSA) is 69.7 Å². The fourth-order valence-electron chi connectivity index (χ4n) is 1.10. The second-order valence-corrected chi connectivity index (χ2v) is 5.06. The van der Waals surface area contributed by atoms with Crippen molar-refractivity contribution in [2.45, 2.75) is 11.1 Å². The van der Waals surface area contributed by atoms with Gasteiger partial charge in [0, 0.05) is 0 Å². The van der Waals surface area contributed by atoms with Crippen LogP contribution < -0.4 is 0 Å². The third kappa shape index (κ3) is 3.81. The highest BCUT2D eigenvalue weighted by molar-refractivity contribution is 7.86. The summed E-state index contributed by atoms with van der Waals surface area (Å²) in [6, 6.07) is 3.57. The van der Waals surface area contributed by atoms with Gasteiger partial charge in [-0.3, -0.25) is 4.57 Å². The molecule has 0 aliphatic rings. The van der Waals surface area contributed by atoms with Crippen LogP contribution in [0.1, 0.15) is 5.56 Å². The summed E-state index contributed by atoms with van der Waals surface area (Å²) in [5.41, 5.74) is -1.33. The molecule has 0 aliphatic heterocycles. The normalized spacial score (nSPS) is 13.3. The molecule has 0 aromatic heterocycles. The van der Waals surface area contributed by atoms with Crippen molar-refractivity contribution in [1.82, 2.24) is 0 Å². The van der Waals surface area contributed by atoms with E-state index in [4.69, 9.17) is 0 Å². The van der Waals surface area contributed by atoms with Gasteiger partial charge in [-0.15, -0.1) is 0 Å². The summed E-state index contributed by atoms with van der Waals surface area (Å²) in [6.07, 6.45) is -4.82. The quantitative estimate of drug-likeness (QED) is 0.360. The Morgan fingerprint density at radius 1 is 1.22 bits per heavy atom. The van der Waals surface area contributed by atoms with E-state index in [1.807, 2.05) is 0 Å². The van der Waals surface area contributed by atoms with E-state index in [-0.39, 0.29) is 0 Å². The van der Waals surface area contributed by atoms with Crippen molar-refractivity contribution in [1.29, 1.82) is 0 Å². The first-order valence-corrected chi connectivity index (χ1v) is 6.75. The molecule has 1 aromatic rings. The van der Waals surface area contributed by atoms with Crippen LogP contribution in [0.15, 0.2) is 29.2 Å². The SMILES string of the molecule is O=[PH2]OCOS(=O)(=O)c1ccccc1C(F)(F)F. The molecular weight excluding hydrogens is 296 g/mol. The van der Waals surface area contributed by atoms with E-state index in [0.717, 1.165) is 18.2 Å². The highest BCUT2D eigenvalue weighted by atomic mass is 32.2. The van der Waals surface area contributed by atoms with Crippen LogP contribution >= 0.6 is 8.69 Å². The molecule has 18 heavy (non-hydrogen) atoms. The van der Waals surface area contributed by atoms with Crippen LogP contribution in [0.4, 0.5) is 13.2 Å². The van der Waals surface area contributed by atoms with Crippen molar-refractivity contribution < 1.29 is 34.9 Å². The Labute approximate surface area is 102 Å².